The number of alkyl halides is 3. The number of carbonyl (C=O) groups excluding carboxylic acids is 1. The Bertz CT molecular complexity index is 1330. The summed E-state index contributed by atoms with van der Waals surface area (Å²) in [5, 5.41) is 15.5. The number of carbonyl (C=O) groups is 1. The summed E-state index contributed by atoms with van der Waals surface area (Å²) in [6.45, 7) is 1.78. The quantitative estimate of drug-likeness (QED) is 0.496. The summed E-state index contributed by atoms with van der Waals surface area (Å²) in [6.07, 6.45) is -2.80. The minimum atomic E-state index is -4.43. The molecule has 1 aliphatic rings. The highest BCUT2D eigenvalue weighted by Gasteiger charge is 2.35. The van der Waals surface area contributed by atoms with Crippen LogP contribution in [0.25, 0.3) is 17.2 Å². The van der Waals surface area contributed by atoms with E-state index in [0.29, 0.717) is 28.3 Å². The fourth-order valence-electron chi connectivity index (χ4n) is 4.01. The van der Waals surface area contributed by atoms with Gasteiger partial charge in [-0.1, -0.05) is 42.5 Å². The van der Waals surface area contributed by atoms with Gasteiger partial charge in [0.15, 0.2) is 0 Å². The van der Waals surface area contributed by atoms with Crippen LogP contribution in [0.5, 0.6) is 0 Å². The van der Waals surface area contributed by atoms with Gasteiger partial charge in [0.05, 0.1) is 23.1 Å². The smallest absolute Gasteiger partial charge is 0.310 e. The zero-order valence-corrected chi connectivity index (χ0v) is 17.3. The summed E-state index contributed by atoms with van der Waals surface area (Å²) < 4.78 is 40.3. The molecule has 0 bridgehead atoms. The van der Waals surface area contributed by atoms with E-state index in [0.717, 1.165) is 17.7 Å². The molecular weight excluding hydrogens is 433 g/mol. The van der Waals surface area contributed by atoms with Crippen LogP contribution in [-0.2, 0) is 11.0 Å². The number of nitrogens with one attached hydrogen (secondary N) is 1. The molecule has 166 valence electrons. The number of fused-ring (bicyclic) bond motifs is 1. The Morgan fingerprint density at radius 2 is 1.79 bits per heavy atom. The highest BCUT2D eigenvalue weighted by Crippen LogP contribution is 2.40. The first-order valence-electron chi connectivity index (χ1n) is 10.1. The molecule has 2 aromatic heterocycles. The number of benzene rings is 2. The zero-order chi connectivity index (χ0) is 23.2. The van der Waals surface area contributed by atoms with E-state index in [1.807, 2.05) is 30.3 Å². The molecule has 1 aliphatic heterocycles. The van der Waals surface area contributed by atoms with Crippen LogP contribution in [-0.4, -0.2) is 30.9 Å². The second-order valence-electron chi connectivity index (χ2n) is 7.69. The number of aromatic nitrogens is 5. The molecule has 4 aromatic rings. The highest BCUT2D eigenvalue weighted by atomic mass is 19.4. The number of halogens is 3. The van der Waals surface area contributed by atoms with E-state index in [2.05, 4.69) is 25.6 Å². The Morgan fingerprint density at radius 3 is 2.48 bits per heavy atom. The van der Waals surface area contributed by atoms with Crippen molar-refractivity contribution >= 4 is 11.7 Å². The van der Waals surface area contributed by atoms with Crippen molar-refractivity contribution in [2.24, 2.45) is 0 Å². The second-order valence-corrected chi connectivity index (χ2v) is 7.69. The third-order valence-corrected chi connectivity index (χ3v) is 5.55. The molecule has 1 N–H and O–H groups in total. The number of amides is 1. The first-order chi connectivity index (χ1) is 15.8. The van der Waals surface area contributed by atoms with Crippen LogP contribution in [0.3, 0.4) is 0 Å². The molecule has 0 aliphatic carbocycles. The molecule has 0 unspecified atom stereocenters. The molecule has 33 heavy (non-hydrogen) atoms. The summed E-state index contributed by atoms with van der Waals surface area (Å²) >= 11 is 0. The lowest BCUT2D eigenvalue weighted by atomic mass is 9.85. The Labute approximate surface area is 186 Å². The number of anilines is 1. The molecule has 0 fully saturated rings. The van der Waals surface area contributed by atoms with Gasteiger partial charge in [-0.05, 0) is 24.6 Å². The lowest BCUT2D eigenvalue weighted by Gasteiger charge is -2.24. The Kier molecular flexibility index (Phi) is 4.92. The third-order valence-electron chi connectivity index (χ3n) is 5.55. The maximum absolute atomic E-state index is 13.0. The molecule has 0 saturated carbocycles. The van der Waals surface area contributed by atoms with Crippen molar-refractivity contribution in [1.29, 1.82) is 0 Å². The molecule has 2 aromatic carbocycles. The predicted molar refractivity (Wildman–Crippen MR) is 114 cm³/mol. The molecule has 10 heteroatoms. The van der Waals surface area contributed by atoms with Crippen molar-refractivity contribution in [3.63, 3.8) is 0 Å². The minimum absolute atomic E-state index is 0.0913. The second kappa shape index (κ2) is 7.80. The van der Waals surface area contributed by atoms with Crippen LogP contribution in [0, 0.1) is 6.92 Å². The molecular formula is C23H17F3N6O. The van der Waals surface area contributed by atoms with Crippen molar-refractivity contribution in [3.05, 3.63) is 83.2 Å². The SMILES string of the molecule is Cc1nn(-c2nncc(-c3ccccc3)n2)c2c1[C@@H](c1ccc(C(F)(F)F)cc1)CC(=O)N2. The van der Waals surface area contributed by atoms with Gasteiger partial charge >= 0.3 is 6.18 Å². The van der Waals surface area contributed by atoms with Gasteiger partial charge in [0.25, 0.3) is 5.95 Å². The van der Waals surface area contributed by atoms with Crippen molar-refractivity contribution in [2.75, 3.05) is 5.32 Å². The van der Waals surface area contributed by atoms with Gasteiger partial charge in [0.1, 0.15) is 5.82 Å². The predicted octanol–water partition coefficient (Wildman–Crippen LogP) is 4.53. The molecule has 7 nitrogen and oxygen atoms in total. The van der Waals surface area contributed by atoms with Gasteiger partial charge < -0.3 is 5.32 Å². The summed E-state index contributed by atoms with van der Waals surface area (Å²) in [4.78, 5) is 17.1. The molecule has 3 heterocycles. The van der Waals surface area contributed by atoms with Gasteiger partial charge in [-0.25, -0.2) is 4.98 Å². The Balaban J connectivity index is 1.58. The number of hydrogen-bond acceptors (Lipinski definition) is 5. The van der Waals surface area contributed by atoms with E-state index in [9.17, 15) is 18.0 Å². The van der Waals surface area contributed by atoms with E-state index in [1.165, 1.54) is 23.0 Å². The molecule has 0 radical (unpaired) electrons. The van der Waals surface area contributed by atoms with Crippen LogP contribution in [0.15, 0.2) is 60.8 Å². The van der Waals surface area contributed by atoms with Gasteiger partial charge in [-0.3, -0.25) is 4.79 Å². The van der Waals surface area contributed by atoms with Crippen molar-refractivity contribution in [1.82, 2.24) is 25.0 Å². The molecule has 0 saturated heterocycles. The number of aryl methyl sites for hydroxylation is 1. The van der Waals surface area contributed by atoms with Crippen LogP contribution >= 0.6 is 0 Å². The largest absolute Gasteiger partial charge is 0.416 e. The molecule has 1 amide bonds. The number of nitrogens with zero attached hydrogens (tertiary/aromatic N) is 5. The maximum atomic E-state index is 13.0. The molecule has 0 spiro atoms. The standard InChI is InChI=1S/C23H17F3N6O/c1-13-20-17(14-7-9-16(10-8-14)23(24,25)26)11-19(33)29-21(20)32(31-13)22-28-18(12-27-30-22)15-5-3-2-4-6-15/h2-10,12,17H,11H2,1H3,(H,29,33)/t17-/m1/s1. The van der Waals surface area contributed by atoms with Crippen LogP contribution in [0.2, 0.25) is 0 Å². The maximum Gasteiger partial charge on any atom is 0.416 e. The van der Waals surface area contributed by atoms with E-state index < -0.39 is 17.7 Å². The molecule has 5 rings (SSSR count). The fraction of sp³-hybridized carbons (Fsp3) is 0.174. The zero-order valence-electron chi connectivity index (χ0n) is 17.3. The minimum Gasteiger partial charge on any atom is -0.310 e. The Morgan fingerprint density at radius 1 is 1.06 bits per heavy atom. The molecule has 1 atom stereocenters. The number of rotatable bonds is 3. The van der Waals surface area contributed by atoms with E-state index >= 15 is 0 Å². The Hall–Kier alpha value is -4.08. The lowest BCUT2D eigenvalue weighted by Crippen LogP contribution is -2.25. The summed E-state index contributed by atoms with van der Waals surface area (Å²) in [6, 6.07) is 14.3. The topological polar surface area (TPSA) is 85.6 Å². The highest BCUT2D eigenvalue weighted by molar-refractivity contribution is 5.95. The normalized spacial score (nSPS) is 15.8. The van der Waals surface area contributed by atoms with E-state index in [1.54, 1.807) is 6.92 Å². The first kappa shape index (κ1) is 20.8. The summed E-state index contributed by atoms with van der Waals surface area (Å²) in [7, 11) is 0. The first-order valence-corrected chi connectivity index (χ1v) is 10.1. The van der Waals surface area contributed by atoms with Gasteiger partial charge in [0.2, 0.25) is 5.91 Å². The monoisotopic (exact) mass is 450 g/mol. The van der Waals surface area contributed by atoms with Crippen molar-refractivity contribution in [2.45, 2.75) is 25.4 Å². The van der Waals surface area contributed by atoms with Crippen LogP contribution in [0.4, 0.5) is 19.0 Å². The van der Waals surface area contributed by atoms with E-state index in [4.69, 9.17) is 0 Å². The fourth-order valence-corrected chi connectivity index (χ4v) is 4.01. The van der Waals surface area contributed by atoms with Gasteiger partial charge in [-0.15, -0.1) is 5.10 Å². The van der Waals surface area contributed by atoms with Crippen LogP contribution in [0.1, 0.15) is 34.7 Å². The van der Waals surface area contributed by atoms with Gasteiger partial charge in [-0.2, -0.15) is 28.1 Å². The van der Waals surface area contributed by atoms with Crippen molar-refractivity contribution < 1.29 is 18.0 Å². The number of hydrogen-bond donors (Lipinski definition) is 1. The average Bonchev–Trinajstić information content (AvgIpc) is 3.15. The summed E-state index contributed by atoms with van der Waals surface area (Å²) in [5.74, 6) is -0.162. The van der Waals surface area contributed by atoms with Gasteiger partial charge in [0, 0.05) is 23.5 Å². The van der Waals surface area contributed by atoms with E-state index in [-0.39, 0.29) is 18.3 Å². The summed E-state index contributed by atoms with van der Waals surface area (Å²) in [5.41, 5.74) is 2.61. The van der Waals surface area contributed by atoms with Crippen LogP contribution < -0.4 is 5.32 Å². The lowest BCUT2D eigenvalue weighted by molar-refractivity contribution is -0.137. The average molecular weight is 450 g/mol. The third kappa shape index (κ3) is 3.84. The van der Waals surface area contributed by atoms with Crippen molar-refractivity contribution in [3.8, 4) is 17.2 Å².